The number of nitrogens with zero attached hydrogens (tertiary/aromatic N) is 2. The molecule has 1 heterocycles. The molecule has 2 aromatic rings. The fourth-order valence-electron chi connectivity index (χ4n) is 3.79. The summed E-state index contributed by atoms with van der Waals surface area (Å²) >= 11 is 2.47. The molecular formula is C22H28FN3O3S2. The molecule has 31 heavy (non-hydrogen) atoms. The van der Waals surface area contributed by atoms with Gasteiger partial charge in [0, 0.05) is 12.6 Å². The number of thioether (sulfide) groups is 1. The van der Waals surface area contributed by atoms with Crippen molar-refractivity contribution in [1.82, 2.24) is 9.88 Å². The Labute approximate surface area is 190 Å². The molecule has 168 valence electrons. The number of carbonyl (C=O) groups excluding carboxylic acids is 1. The van der Waals surface area contributed by atoms with Crippen molar-refractivity contribution < 1.29 is 19.1 Å². The summed E-state index contributed by atoms with van der Waals surface area (Å²) in [6.07, 6.45) is 7.36. The Bertz CT molecular complexity index is 867. The number of nitrogens with one attached hydrogen (secondary N) is 1. The molecule has 0 aliphatic heterocycles. The maximum atomic E-state index is 13.1. The summed E-state index contributed by atoms with van der Waals surface area (Å²) in [6, 6.07) is 6.53. The zero-order valence-electron chi connectivity index (χ0n) is 17.6. The number of anilines is 1. The Kier molecular flexibility index (Phi) is 8.71. The summed E-state index contributed by atoms with van der Waals surface area (Å²) in [5, 5.41) is 12.2. The first-order valence-electron chi connectivity index (χ1n) is 10.5. The number of rotatable bonds is 9. The van der Waals surface area contributed by atoms with Crippen LogP contribution in [0.3, 0.4) is 0 Å². The first-order chi connectivity index (χ1) is 14.9. The largest absolute Gasteiger partial charge is 0.481 e. The minimum atomic E-state index is -0.886. The highest BCUT2D eigenvalue weighted by molar-refractivity contribution is 8.01. The number of hydrogen-bond donors (Lipinski definition) is 2. The predicted octanol–water partition coefficient (Wildman–Crippen LogP) is 5.50. The number of carboxylic acids is 1. The highest BCUT2D eigenvalue weighted by atomic mass is 32.2. The molecule has 6 nitrogen and oxygen atoms in total. The topological polar surface area (TPSA) is 82.5 Å². The number of benzene rings is 1. The van der Waals surface area contributed by atoms with Gasteiger partial charge in [0.25, 0.3) is 0 Å². The summed E-state index contributed by atoms with van der Waals surface area (Å²) in [4.78, 5) is 30.0. The summed E-state index contributed by atoms with van der Waals surface area (Å²) < 4.78 is 13.9. The van der Waals surface area contributed by atoms with E-state index in [4.69, 9.17) is 5.11 Å². The van der Waals surface area contributed by atoms with Gasteiger partial charge in [0.1, 0.15) is 5.82 Å². The Morgan fingerprint density at radius 2 is 1.97 bits per heavy atom. The number of carbonyl (C=O) groups is 2. The van der Waals surface area contributed by atoms with Gasteiger partial charge < -0.3 is 10.0 Å². The average molecular weight is 466 g/mol. The molecule has 0 spiro atoms. The molecule has 1 aromatic heterocycles. The van der Waals surface area contributed by atoms with E-state index in [1.165, 1.54) is 35.2 Å². The SMILES string of the molecule is C[C@H]1CC[C@H](N(CCCc2ccc(F)cc2)C(=O)Nc2ncc(SCC(=O)O)s2)CC1. The van der Waals surface area contributed by atoms with Crippen molar-refractivity contribution >= 4 is 40.2 Å². The smallest absolute Gasteiger partial charge is 0.323 e. The fraction of sp³-hybridized carbons (Fsp3) is 0.500. The average Bonchev–Trinajstić information content (AvgIpc) is 3.19. The van der Waals surface area contributed by atoms with Crippen molar-refractivity contribution in [2.75, 3.05) is 17.6 Å². The van der Waals surface area contributed by atoms with Crippen molar-refractivity contribution in [2.45, 2.75) is 55.7 Å². The molecule has 9 heteroatoms. The maximum Gasteiger partial charge on any atom is 0.323 e. The van der Waals surface area contributed by atoms with Gasteiger partial charge in [-0.05, 0) is 62.1 Å². The van der Waals surface area contributed by atoms with E-state index in [9.17, 15) is 14.0 Å². The lowest BCUT2D eigenvalue weighted by atomic mass is 9.86. The summed E-state index contributed by atoms with van der Waals surface area (Å²) in [5.41, 5.74) is 1.05. The van der Waals surface area contributed by atoms with Crippen LogP contribution in [0.15, 0.2) is 34.7 Å². The number of carboxylic acid groups (broad SMARTS) is 1. The second kappa shape index (κ2) is 11.5. The van der Waals surface area contributed by atoms with Gasteiger partial charge in [-0.2, -0.15) is 0 Å². The number of hydrogen-bond acceptors (Lipinski definition) is 5. The van der Waals surface area contributed by atoms with Crippen LogP contribution in [0.1, 0.15) is 44.6 Å². The Hall–Kier alpha value is -2.13. The highest BCUT2D eigenvalue weighted by Gasteiger charge is 2.27. The molecule has 1 aliphatic carbocycles. The number of thiazole rings is 1. The quantitative estimate of drug-likeness (QED) is 0.478. The Balaban J connectivity index is 1.60. The third-order valence-corrected chi connectivity index (χ3v) is 7.59. The van der Waals surface area contributed by atoms with Crippen LogP contribution in [0.2, 0.25) is 0 Å². The number of urea groups is 1. The second-order valence-corrected chi connectivity index (χ2v) is 10.2. The molecule has 0 atom stereocenters. The lowest BCUT2D eigenvalue weighted by molar-refractivity contribution is -0.133. The number of aryl methyl sites for hydroxylation is 1. The van der Waals surface area contributed by atoms with Crippen LogP contribution < -0.4 is 5.32 Å². The summed E-state index contributed by atoms with van der Waals surface area (Å²) in [5.74, 6) is -0.479. The minimum absolute atomic E-state index is 0.0364. The third-order valence-electron chi connectivity index (χ3n) is 5.50. The van der Waals surface area contributed by atoms with Crippen molar-refractivity contribution in [2.24, 2.45) is 5.92 Å². The molecule has 3 rings (SSSR count). The van der Waals surface area contributed by atoms with E-state index in [1.54, 1.807) is 18.3 Å². The van der Waals surface area contributed by atoms with Crippen LogP contribution in [0, 0.1) is 11.7 Å². The second-order valence-electron chi connectivity index (χ2n) is 7.93. The number of halogens is 1. The van der Waals surface area contributed by atoms with Gasteiger partial charge in [-0.25, -0.2) is 14.2 Å². The van der Waals surface area contributed by atoms with Crippen molar-refractivity contribution in [3.8, 4) is 0 Å². The molecule has 1 aromatic carbocycles. The van der Waals surface area contributed by atoms with E-state index in [-0.39, 0.29) is 23.6 Å². The van der Waals surface area contributed by atoms with Gasteiger partial charge in [0.15, 0.2) is 5.13 Å². The number of amides is 2. The molecule has 0 unspecified atom stereocenters. The highest BCUT2D eigenvalue weighted by Crippen LogP contribution is 2.30. The molecule has 0 saturated heterocycles. The van der Waals surface area contributed by atoms with Gasteiger partial charge in [-0.3, -0.25) is 10.1 Å². The van der Waals surface area contributed by atoms with E-state index in [0.29, 0.717) is 17.6 Å². The number of aromatic nitrogens is 1. The van der Waals surface area contributed by atoms with Gasteiger partial charge in [-0.1, -0.05) is 30.4 Å². The van der Waals surface area contributed by atoms with Crippen molar-refractivity contribution in [1.29, 1.82) is 0 Å². The standard InChI is InChI=1S/C22H28FN3O3S2/c1-15-4-10-18(11-5-15)26(12-2-3-16-6-8-17(23)9-7-16)22(29)25-21-24-13-20(31-21)30-14-19(27)28/h6-9,13,15,18H,2-5,10-12,14H2,1H3,(H,27,28)(H,24,25,29)/t15-,18-. The van der Waals surface area contributed by atoms with Crippen LogP contribution >= 0.6 is 23.1 Å². The normalized spacial score (nSPS) is 18.5. The zero-order chi connectivity index (χ0) is 22.2. The van der Waals surface area contributed by atoms with Crippen molar-refractivity contribution in [3.05, 3.63) is 41.8 Å². The monoisotopic (exact) mass is 465 g/mol. The molecule has 1 saturated carbocycles. The van der Waals surface area contributed by atoms with Crippen LogP contribution in [0.4, 0.5) is 14.3 Å². The van der Waals surface area contributed by atoms with Crippen LogP contribution in [-0.2, 0) is 11.2 Å². The first kappa shape index (κ1) is 23.5. The predicted molar refractivity (Wildman–Crippen MR) is 122 cm³/mol. The van der Waals surface area contributed by atoms with Crippen molar-refractivity contribution in [3.63, 3.8) is 0 Å². The lowest BCUT2D eigenvalue weighted by Gasteiger charge is -2.36. The zero-order valence-corrected chi connectivity index (χ0v) is 19.2. The molecule has 0 radical (unpaired) electrons. The van der Waals surface area contributed by atoms with E-state index < -0.39 is 5.97 Å². The van der Waals surface area contributed by atoms with Crippen LogP contribution in [0.5, 0.6) is 0 Å². The van der Waals surface area contributed by atoms with Gasteiger partial charge in [0.2, 0.25) is 0 Å². The van der Waals surface area contributed by atoms with Crippen LogP contribution in [0.25, 0.3) is 0 Å². The Morgan fingerprint density at radius 3 is 2.65 bits per heavy atom. The summed E-state index contributed by atoms with van der Waals surface area (Å²) in [7, 11) is 0. The summed E-state index contributed by atoms with van der Waals surface area (Å²) in [6.45, 7) is 2.87. The molecule has 0 bridgehead atoms. The molecular weight excluding hydrogens is 437 g/mol. The lowest BCUT2D eigenvalue weighted by Crippen LogP contribution is -2.45. The van der Waals surface area contributed by atoms with E-state index in [1.807, 2.05) is 4.90 Å². The molecule has 1 fully saturated rings. The van der Waals surface area contributed by atoms with Gasteiger partial charge >= 0.3 is 12.0 Å². The van der Waals surface area contributed by atoms with E-state index in [0.717, 1.165) is 48.3 Å². The molecule has 1 aliphatic rings. The molecule has 2 N–H and O–H groups in total. The number of aliphatic carboxylic acids is 1. The van der Waals surface area contributed by atoms with Gasteiger partial charge in [-0.15, -0.1) is 11.8 Å². The van der Waals surface area contributed by atoms with E-state index in [2.05, 4.69) is 17.2 Å². The third kappa shape index (κ3) is 7.50. The van der Waals surface area contributed by atoms with Gasteiger partial charge in [0.05, 0.1) is 16.2 Å². The fourth-order valence-corrected chi connectivity index (χ4v) is 5.37. The maximum absolute atomic E-state index is 13.1. The Morgan fingerprint density at radius 1 is 1.26 bits per heavy atom. The van der Waals surface area contributed by atoms with Crippen LogP contribution in [-0.4, -0.2) is 45.3 Å². The first-order valence-corrected chi connectivity index (χ1v) is 12.3. The molecule has 2 amide bonds. The minimum Gasteiger partial charge on any atom is -0.481 e. The van der Waals surface area contributed by atoms with E-state index >= 15 is 0 Å².